The zero-order chi connectivity index (χ0) is 38.6. The molecule has 2 heterocycles. The van der Waals surface area contributed by atoms with Gasteiger partial charge in [0.2, 0.25) is 18.1 Å². The fraction of sp³-hybridized carbons (Fsp3) is 0.581. The molecule has 52 heavy (non-hydrogen) atoms. The van der Waals surface area contributed by atoms with Crippen LogP contribution in [0, 0.1) is 0 Å². The van der Waals surface area contributed by atoms with Gasteiger partial charge in [-0.2, -0.15) is 8.42 Å². The molecule has 0 aliphatic carbocycles. The van der Waals surface area contributed by atoms with Crippen molar-refractivity contribution in [3.8, 4) is 11.5 Å². The van der Waals surface area contributed by atoms with Crippen LogP contribution in [0.2, 0.25) is 0 Å². The number of hydrogen-bond donors (Lipinski definition) is 8. The number of aliphatic carboxylic acids is 1. The third-order valence-corrected chi connectivity index (χ3v) is 8.43. The van der Waals surface area contributed by atoms with Crippen molar-refractivity contribution in [1.29, 1.82) is 0 Å². The Balaban J connectivity index is 1.52. The fourth-order valence-electron chi connectivity index (χ4n) is 4.99. The largest absolute Gasteiger partial charge is 0.493 e. The van der Waals surface area contributed by atoms with E-state index in [1.807, 2.05) is 0 Å². The minimum absolute atomic E-state index is 0.0150. The first-order valence-electron chi connectivity index (χ1n) is 16.2. The summed E-state index contributed by atoms with van der Waals surface area (Å²) >= 11 is 0. The van der Waals surface area contributed by atoms with Crippen LogP contribution >= 0.6 is 0 Å². The van der Waals surface area contributed by atoms with E-state index in [2.05, 4.69) is 10.6 Å². The van der Waals surface area contributed by atoms with Gasteiger partial charge in [-0.15, -0.1) is 0 Å². The highest BCUT2D eigenvalue weighted by molar-refractivity contribution is 7.85. The number of aliphatic hydroxyl groups excluding tert-OH is 4. The molecule has 0 saturated carbocycles. The SMILES string of the molecule is CC(O)OCc1ccc(O[C@@H]2O[C@H](C(=O)O)[C@@H](O)[C@H](O)[C@H]2O)cc1OCCCNC(=O)[C@H](CS(=O)(=O)O)NC(=O)CCCCCN1C(=O)C=CC1=O. The van der Waals surface area contributed by atoms with E-state index in [0.717, 1.165) is 17.1 Å². The van der Waals surface area contributed by atoms with Gasteiger partial charge in [-0.05, 0) is 38.3 Å². The Labute approximate surface area is 298 Å². The van der Waals surface area contributed by atoms with Gasteiger partial charge in [0.15, 0.2) is 12.4 Å². The number of aliphatic hydroxyl groups is 4. The van der Waals surface area contributed by atoms with Crippen molar-refractivity contribution in [2.24, 2.45) is 0 Å². The van der Waals surface area contributed by atoms with Crippen LogP contribution < -0.4 is 20.1 Å². The normalized spacial score (nSPS) is 22.9. The molecule has 1 saturated heterocycles. The van der Waals surface area contributed by atoms with Gasteiger partial charge in [-0.3, -0.25) is 28.6 Å². The van der Waals surface area contributed by atoms with Gasteiger partial charge in [0, 0.05) is 43.3 Å². The van der Waals surface area contributed by atoms with Gasteiger partial charge in [0.25, 0.3) is 21.9 Å². The molecule has 1 unspecified atom stereocenters. The van der Waals surface area contributed by atoms with Crippen LogP contribution in [0.25, 0.3) is 0 Å². The first-order valence-corrected chi connectivity index (χ1v) is 17.8. The van der Waals surface area contributed by atoms with Crippen molar-refractivity contribution < 1.29 is 81.4 Å². The zero-order valence-electron chi connectivity index (χ0n) is 28.0. The lowest BCUT2D eigenvalue weighted by molar-refractivity contribution is -0.271. The Hall–Kier alpha value is -4.22. The summed E-state index contributed by atoms with van der Waals surface area (Å²) in [6, 6.07) is 2.56. The maximum atomic E-state index is 12.8. The number of unbranched alkanes of at least 4 members (excludes halogenated alkanes) is 2. The molecule has 20 nitrogen and oxygen atoms in total. The molecule has 2 aliphatic rings. The highest BCUT2D eigenvalue weighted by Gasteiger charge is 2.48. The summed E-state index contributed by atoms with van der Waals surface area (Å²) in [5.74, 6) is -4.97. The predicted molar refractivity (Wildman–Crippen MR) is 174 cm³/mol. The predicted octanol–water partition coefficient (Wildman–Crippen LogP) is -2.44. The van der Waals surface area contributed by atoms with E-state index < -0.39 is 88.5 Å². The molecule has 7 atom stereocenters. The van der Waals surface area contributed by atoms with Gasteiger partial charge < -0.3 is 55.1 Å². The van der Waals surface area contributed by atoms with Crippen LogP contribution in [-0.2, 0) is 50.2 Å². The molecular formula is C31H43N3O17S. The number of carboxylic acid groups (broad SMARTS) is 1. The van der Waals surface area contributed by atoms with Gasteiger partial charge >= 0.3 is 5.97 Å². The molecule has 1 aromatic rings. The van der Waals surface area contributed by atoms with E-state index in [9.17, 15) is 62.5 Å². The summed E-state index contributed by atoms with van der Waals surface area (Å²) in [5, 5.41) is 53.8. The monoisotopic (exact) mass is 761 g/mol. The molecule has 2 aliphatic heterocycles. The number of carboxylic acids is 1. The van der Waals surface area contributed by atoms with Crippen molar-refractivity contribution in [3.05, 3.63) is 35.9 Å². The smallest absolute Gasteiger partial charge is 0.335 e. The van der Waals surface area contributed by atoms with Gasteiger partial charge in [-0.1, -0.05) is 6.42 Å². The molecular weight excluding hydrogens is 718 g/mol. The lowest BCUT2D eigenvalue weighted by Crippen LogP contribution is -2.61. The Morgan fingerprint density at radius 3 is 2.33 bits per heavy atom. The Morgan fingerprint density at radius 2 is 1.69 bits per heavy atom. The first-order chi connectivity index (χ1) is 24.5. The molecule has 290 valence electrons. The summed E-state index contributed by atoms with van der Waals surface area (Å²) in [6.07, 6.45) is -6.83. The summed E-state index contributed by atoms with van der Waals surface area (Å²) < 4.78 is 54.1. The lowest BCUT2D eigenvalue weighted by Gasteiger charge is -2.38. The number of nitrogens with zero attached hydrogens (tertiary/aromatic N) is 1. The second-order valence-corrected chi connectivity index (χ2v) is 13.4. The van der Waals surface area contributed by atoms with Crippen LogP contribution in [0.1, 0.15) is 44.6 Å². The van der Waals surface area contributed by atoms with Crippen LogP contribution in [0.4, 0.5) is 0 Å². The van der Waals surface area contributed by atoms with Gasteiger partial charge in [0.1, 0.15) is 41.6 Å². The molecule has 3 rings (SSSR count). The van der Waals surface area contributed by atoms with Gasteiger partial charge in [0.05, 0.1) is 13.2 Å². The third kappa shape index (κ3) is 13.1. The van der Waals surface area contributed by atoms with E-state index in [0.29, 0.717) is 24.8 Å². The second kappa shape index (κ2) is 19.6. The van der Waals surface area contributed by atoms with Crippen LogP contribution in [0.3, 0.4) is 0 Å². The summed E-state index contributed by atoms with van der Waals surface area (Å²) in [5.41, 5.74) is 0.409. The molecule has 0 spiro atoms. The number of benzene rings is 1. The summed E-state index contributed by atoms with van der Waals surface area (Å²) in [4.78, 5) is 60.9. The number of ether oxygens (including phenoxy) is 4. The maximum Gasteiger partial charge on any atom is 0.335 e. The summed E-state index contributed by atoms with van der Waals surface area (Å²) in [6.45, 7) is 1.27. The third-order valence-electron chi connectivity index (χ3n) is 7.68. The van der Waals surface area contributed by atoms with Crippen molar-refractivity contribution in [2.75, 3.05) is 25.4 Å². The molecule has 1 aromatic carbocycles. The highest BCUT2D eigenvalue weighted by atomic mass is 32.2. The molecule has 0 radical (unpaired) electrons. The quantitative estimate of drug-likeness (QED) is 0.0279. The Bertz CT molecular complexity index is 1550. The Morgan fingerprint density at radius 1 is 1.00 bits per heavy atom. The Kier molecular flexibility index (Phi) is 15.9. The second-order valence-electron chi connectivity index (χ2n) is 11.9. The molecule has 21 heteroatoms. The van der Waals surface area contributed by atoms with E-state index in [4.69, 9.17) is 18.9 Å². The molecule has 1 fully saturated rings. The molecule has 0 bridgehead atoms. The number of carbonyl (C=O) groups is 5. The number of imide groups is 1. The van der Waals surface area contributed by atoms with E-state index in [1.165, 1.54) is 25.1 Å². The minimum atomic E-state index is -4.68. The fourth-order valence-corrected chi connectivity index (χ4v) is 5.64. The van der Waals surface area contributed by atoms with Crippen LogP contribution in [0.15, 0.2) is 30.4 Å². The summed E-state index contributed by atoms with van der Waals surface area (Å²) in [7, 11) is -4.68. The average Bonchev–Trinajstić information content (AvgIpc) is 3.38. The average molecular weight is 762 g/mol. The number of rotatable bonds is 21. The zero-order valence-corrected chi connectivity index (χ0v) is 28.8. The number of amides is 4. The maximum absolute atomic E-state index is 12.8. The van der Waals surface area contributed by atoms with Gasteiger partial charge in [-0.25, -0.2) is 4.79 Å². The number of hydrogen-bond acceptors (Lipinski definition) is 15. The lowest BCUT2D eigenvalue weighted by atomic mass is 9.99. The standard InChI is InChI=1S/C31H43N3O17S/c1-17(35)49-15-18-7-8-19(50-31-27(41)25(39)26(40)28(51-31)30(43)44)14-21(18)48-13-5-11-32-29(42)20(16-52(45,46)47)33-22(36)6-3-2-4-12-34-23(37)9-10-24(34)38/h7-10,14,17,20,25-28,31,35,39-41H,2-6,11-13,15-16H2,1H3,(H,32,42)(H,33,36)(H,43,44)(H,45,46,47)/t17?,20-,25-,26-,27+,28-,31+/m0/s1. The highest BCUT2D eigenvalue weighted by Crippen LogP contribution is 2.30. The number of carbonyl (C=O) groups excluding carboxylic acids is 4. The number of nitrogens with one attached hydrogen (secondary N) is 2. The van der Waals surface area contributed by atoms with E-state index in [1.54, 1.807) is 0 Å². The molecule has 4 amide bonds. The van der Waals surface area contributed by atoms with Crippen LogP contribution in [0.5, 0.6) is 11.5 Å². The van der Waals surface area contributed by atoms with E-state index >= 15 is 0 Å². The van der Waals surface area contributed by atoms with Crippen molar-refractivity contribution in [3.63, 3.8) is 0 Å². The minimum Gasteiger partial charge on any atom is -0.493 e. The topological polar surface area (TPSA) is 305 Å². The van der Waals surface area contributed by atoms with Crippen molar-refractivity contribution in [1.82, 2.24) is 15.5 Å². The van der Waals surface area contributed by atoms with Crippen molar-refractivity contribution in [2.45, 2.75) is 88.7 Å². The first kappa shape index (κ1) is 42.2. The van der Waals surface area contributed by atoms with Crippen LogP contribution in [-0.4, -0.2) is 141 Å². The van der Waals surface area contributed by atoms with Crippen molar-refractivity contribution >= 4 is 39.7 Å². The van der Waals surface area contributed by atoms with E-state index in [-0.39, 0.29) is 50.6 Å². The molecule has 8 N–H and O–H groups in total. The molecule has 0 aromatic heterocycles.